The molecule has 2 saturated carbocycles. The van der Waals surface area contributed by atoms with Gasteiger partial charge in [0.15, 0.2) is 0 Å². The molecule has 4 unspecified atom stereocenters. The van der Waals surface area contributed by atoms with Crippen molar-refractivity contribution in [2.45, 2.75) is 254 Å². The molecule has 0 saturated heterocycles. The molecule has 0 spiro atoms. The van der Waals surface area contributed by atoms with Crippen LogP contribution >= 0.6 is 526 Å². The summed E-state index contributed by atoms with van der Waals surface area (Å²) in [5.74, 6) is 0. The second-order valence-corrected chi connectivity index (χ2v) is 915. The molecular formula is C87H106ClI38N3. The maximum atomic E-state index is 6.45. The fraction of sp³-hybridized carbons (Fsp3) is 0.448. The van der Waals surface area contributed by atoms with Crippen LogP contribution in [0.2, 0.25) is 5.02 Å². The Labute approximate surface area is 1040 Å². The first kappa shape index (κ1) is 130. The molecule has 3 heterocycles. The van der Waals surface area contributed by atoms with Crippen molar-refractivity contribution in [2.24, 2.45) is 0 Å². The summed E-state index contributed by atoms with van der Waals surface area (Å²) >= 11 is 70.5. The Bertz CT molecular complexity index is 5320. The molecule has 1 aromatic heterocycles. The van der Waals surface area contributed by atoms with Crippen molar-refractivity contribution in [3.05, 3.63) is 216 Å². The van der Waals surface area contributed by atoms with Crippen LogP contribution in [0.5, 0.6) is 0 Å². The molecule has 0 radical (unpaired) electrons. The van der Waals surface area contributed by atoms with Gasteiger partial charge in [-0.1, -0.05) is 195 Å². The minimum absolute atomic E-state index is 0.0290. The van der Waals surface area contributed by atoms with E-state index in [4.69, 9.17) is 11.6 Å². The van der Waals surface area contributed by atoms with Crippen molar-refractivity contribution in [2.75, 3.05) is 9.80 Å². The second kappa shape index (κ2) is 56.3. The fourth-order valence-electron chi connectivity index (χ4n) is 18.2. The number of nitrogens with zero attached hydrogens (tertiary/aromatic N) is 3. The van der Waals surface area contributed by atoms with Crippen LogP contribution in [0.25, 0.3) is 38.6 Å². The SMILES string of the molecule is CC(C)(C)c1ccc2c(c1)-c1cc(C(C)(C)C)ccc1C2.Cc1cc(Cl)cc(N2c3cc(C)cc(C)c3C3(C)CCCCC23C)c1.Cc1cc(N2c3cc(C)cc(C)c3C3(C)CCCCC23C)cc(-n2c3ccc(C(C)(C)C)cc3c3cc(C(C)(C)C)ccc32)c1.II(I)I(I)I(I)I(I)I(I)I(I)I(I)I(I)I(I)I(I)I(I)I(I)I(I)I(I)I(I)I(I)I(I)I(I)I. The van der Waals surface area contributed by atoms with E-state index in [0.29, 0.717) is 0 Å². The van der Waals surface area contributed by atoms with E-state index >= 15 is 0 Å². The van der Waals surface area contributed by atoms with Gasteiger partial charge in [-0.15, -0.1) is 0 Å². The molecule has 0 N–H and O–H groups in total. The van der Waals surface area contributed by atoms with Gasteiger partial charge in [0, 0.05) is 55.1 Å². The van der Waals surface area contributed by atoms with Gasteiger partial charge in [-0.25, -0.2) is 0 Å². The first-order valence-corrected chi connectivity index (χ1v) is 273. The summed E-state index contributed by atoms with van der Waals surface area (Å²) in [5, 5.41) is 3.52. The maximum absolute atomic E-state index is 6.45. The van der Waals surface area contributed by atoms with Crippen LogP contribution in [0.4, 0.5) is 22.7 Å². The number of anilines is 4. The van der Waals surface area contributed by atoms with E-state index in [9.17, 15) is 0 Å². The predicted molar refractivity (Wildman–Crippen MR) is 929 cm³/mol. The first-order chi connectivity index (χ1) is 59.7. The topological polar surface area (TPSA) is 11.4 Å². The Kier molecular flexibility index (Phi) is 56.9. The molecule has 2 fully saturated rings. The van der Waals surface area contributed by atoms with Gasteiger partial charge in [0.25, 0.3) is 0 Å². The van der Waals surface area contributed by atoms with Crippen LogP contribution in [0.3, 0.4) is 0 Å². The van der Waals surface area contributed by atoms with E-state index in [2.05, 4.69) is 666 Å². The Morgan fingerprint density at radius 1 is 0.295 bits per heavy atom. The van der Waals surface area contributed by atoms with Gasteiger partial charge < -0.3 is 14.4 Å². The van der Waals surface area contributed by atoms with Gasteiger partial charge in [-0.05, 0) is 271 Å². The van der Waals surface area contributed by atoms with Gasteiger partial charge in [0.1, 0.15) is 0 Å². The van der Waals surface area contributed by atoms with E-state index in [-0.39, 0.29) is 43.6 Å². The number of fused-ring (bicyclic) bond motifs is 12. The Balaban J connectivity index is 0.000000173. The van der Waals surface area contributed by atoms with Gasteiger partial charge in [0.2, 0.25) is 0 Å². The van der Waals surface area contributed by atoms with Crippen LogP contribution < -0.4 is 9.80 Å². The summed E-state index contributed by atoms with van der Waals surface area (Å²) in [5.41, 5.74) is 32.9. The number of halogens is 39. The molecule has 8 aromatic carbocycles. The predicted octanol–water partition coefficient (Wildman–Crippen LogP) is 58.6. The van der Waals surface area contributed by atoms with Crippen LogP contribution in [-0.4, -0.2) is 15.6 Å². The molecule has 0 amide bonds. The summed E-state index contributed by atoms with van der Waals surface area (Å²) in [6.45, 7) is 51.2. The molecule has 742 valence electrons. The molecule has 5 aliphatic rings. The Morgan fingerprint density at radius 2 is 0.566 bits per heavy atom. The zero-order valence-electron chi connectivity index (χ0n) is 74.1. The molecule has 129 heavy (non-hydrogen) atoms. The molecule has 0 bridgehead atoms. The quantitative estimate of drug-likeness (QED) is 0.0705. The number of benzene rings is 8. The fourth-order valence-corrected chi connectivity index (χ4v) is 6720. The third kappa shape index (κ3) is 31.3. The number of aromatic nitrogens is 1. The van der Waals surface area contributed by atoms with Gasteiger partial charge in [-0.3, -0.25) is 0 Å². The van der Waals surface area contributed by atoms with Crippen molar-refractivity contribution in [3.8, 4) is 16.8 Å². The normalized spacial score (nSPS) is 20.8. The molecular weight excluding hydrogens is 5940 g/mol. The Hall–Kier alpha value is 21.2. The van der Waals surface area contributed by atoms with Crippen LogP contribution in [0.15, 0.2) is 133 Å². The molecule has 9 aromatic rings. The van der Waals surface area contributed by atoms with Gasteiger partial charge in [-0.2, -0.15) is 0 Å². The zero-order chi connectivity index (χ0) is 96.1. The monoisotopic (exact) mass is 6050 g/mol. The summed E-state index contributed by atoms with van der Waals surface area (Å²) in [7, 11) is -8.96. The van der Waals surface area contributed by atoms with E-state index in [0.717, 1.165) is 11.4 Å². The van der Waals surface area contributed by atoms with Crippen molar-refractivity contribution >= 4 is 571 Å². The standard InChI is InChI=1S/C43H52N2.C23H28ClN.C21H26.I38/c1-27-20-29(3)39-38(23-27)45(43(11)19-13-12-18-42(39,43)10)33-22-28(2)21-32(26-33)44-36-16-14-30(40(4,5)6)24-34(36)35-25-31(41(7,8)9)15-17-37(35)44;1-15-10-17(3)21-20(13-15)25(19-12-16(2)11-18(24)14-19)23(5)9-7-6-8-22(21,23)4;1-20(2,3)16-9-7-14-11-15-8-10-17(21(4,5)6)13-19(15)18(14)12-16;1-21(2)23(5)25(7)27(9)29(11)31(13)33(15)35(17)37(19)38(20)36(18)34(16)32(14)30(12)28(10)26(8)24(6)22(3)4/h14-17,20-26H,12-13,18-19H2,1-11H3;10-14H,6-9H2,1-5H3;7-10,12-13H,11H2,1-6H3;. The Morgan fingerprint density at radius 3 is 0.876 bits per heavy atom. The third-order valence-corrected chi connectivity index (χ3v) is 2830. The molecule has 4 atom stereocenters. The van der Waals surface area contributed by atoms with Crippen molar-refractivity contribution in [3.63, 3.8) is 0 Å². The van der Waals surface area contributed by atoms with Crippen LogP contribution in [-0.2, 0) is 38.9 Å². The number of hydrogen-bond acceptors (Lipinski definition) is 2. The second-order valence-electron chi connectivity index (χ2n) is 36.9. The first-order valence-electron chi connectivity index (χ1n) is 39.8. The number of rotatable bonds is 20. The van der Waals surface area contributed by atoms with Crippen molar-refractivity contribution < 1.29 is 0 Å². The summed E-state index contributed by atoms with van der Waals surface area (Å²) < 4.78 is 2.53. The van der Waals surface area contributed by atoms with E-state index < -0.39 is 142 Å². The number of aryl methyl sites for hydroxylation is 6. The van der Waals surface area contributed by atoms with Crippen molar-refractivity contribution in [1.29, 1.82) is 0 Å². The molecule has 14 rings (SSSR count). The van der Waals surface area contributed by atoms with Gasteiger partial charge >= 0.3 is 514 Å². The zero-order valence-corrected chi connectivity index (χ0v) is 157. The molecule has 2 aliphatic heterocycles. The van der Waals surface area contributed by atoms with Crippen molar-refractivity contribution in [1.82, 2.24) is 4.57 Å². The minimum atomic E-state index is -0.532. The molecule has 3 aliphatic carbocycles. The van der Waals surface area contributed by atoms with Crippen LogP contribution in [0, 0.1) is 41.5 Å². The third-order valence-electron chi connectivity index (χ3n) is 24.4. The van der Waals surface area contributed by atoms with Crippen LogP contribution in [0.1, 0.15) is 240 Å². The van der Waals surface area contributed by atoms with E-state index in [1.54, 1.807) is 11.1 Å². The summed E-state index contributed by atoms with van der Waals surface area (Å²) in [6, 6.07) is 51.8. The molecule has 3 nitrogen and oxygen atoms in total. The summed E-state index contributed by atoms with van der Waals surface area (Å²) in [6.07, 6.45) is 11.2. The van der Waals surface area contributed by atoms with E-state index in [1.807, 2.05) is 6.07 Å². The molecule has 42 heteroatoms. The number of hydrogen-bond donors (Lipinski definition) is 0. The average Bonchev–Trinajstić information content (AvgIpc) is 1.52. The average molecular weight is 6050 g/mol. The van der Waals surface area contributed by atoms with Gasteiger partial charge in [0.05, 0.1) is 22.1 Å². The summed E-state index contributed by atoms with van der Waals surface area (Å²) in [4.78, 5) is 5.36. The van der Waals surface area contributed by atoms with E-state index in [1.165, 1.54) is 179 Å².